The molecule has 2 aromatic rings. The zero-order valence-corrected chi connectivity index (χ0v) is 17.0. The van der Waals surface area contributed by atoms with Crippen LogP contribution in [0.5, 0.6) is 11.5 Å². The Hall–Kier alpha value is -1.69. The summed E-state index contributed by atoms with van der Waals surface area (Å²) in [4.78, 5) is 0. The third kappa shape index (κ3) is 4.78. The predicted molar refractivity (Wildman–Crippen MR) is 110 cm³/mol. The molecule has 3 atom stereocenters. The van der Waals surface area contributed by atoms with Crippen LogP contribution in [-0.4, -0.2) is 42.4 Å². The van der Waals surface area contributed by atoms with Crippen LogP contribution in [-0.2, 0) is 6.42 Å². The van der Waals surface area contributed by atoms with E-state index in [2.05, 4.69) is 31.2 Å². The maximum Gasteiger partial charge on any atom is 0.160 e. The Balaban J connectivity index is 1.83. The Labute approximate surface area is 165 Å². The molecule has 146 valence electrons. The number of rotatable bonds is 6. The van der Waals surface area contributed by atoms with Gasteiger partial charge in [-0.25, -0.2) is 0 Å². The summed E-state index contributed by atoms with van der Waals surface area (Å²) in [6, 6.07) is 12.6. The van der Waals surface area contributed by atoms with E-state index in [0.29, 0.717) is 6.42 Å². The van der Waals surface area contributed by atoms with Crippen LogP contribution in [0.1, 0.15) is 40.3 Å². The average molecular weight is 389 g/mol. The fourth-order valence-electron chi connectivity index (χ4n) is 3.62. The van der Waals surface area contributed by atoms with Crippen LogP contribution >= 0.6 is 11.8 Å². The Morgan fingerprint density at radius 3 is 2.52 bits per heavy atom. The molecule has 2 N–H and O–H groups in total. The highest BCUT2D eigenvalue weighted by Gasteiger charge is 2.29. The van der Waals surface area contributed by atoms with Crippen LogP contribution < -0.4 is 9.47 Å². The fourth-order valence-corrected chi connectivity index (χ4v) is 5.14. The Kier molecular flexibility index (Phi) is 6.68. The lowest BCUT2D eigenvalue weighted by molar-refractivity contribution is 0.137. The van der Waals surface area contributed by atoms with Crippen LogP contribution in [0.25, 0.3) is 0 Å². The van der Waals surface area contributed by atoms with Gasteiger partial charge in [0.1, 0.15) is 0 Å². The molecule has 1 saturated heterocycles. The van der Waals surface area contributed by atoms with Crippen molar-refractivity contribution >= 4 is 11.8 Å². The molecule has 0 amide bonds. The molecule has 2 aromatic carbocycles. The number of ether oxygens (including phenoxy) is 2. The van der Waals surface area contributed by atoms with E-state index >= 15 is 0 Å². The SMILES string of the molecule is COc1ccc(Cc2cc(C3C[C@@H](O)C[C@@H](CO)S3)ccc2C)cc1OC. The molecule has 3 rings (SSSR count). The molecule has 1 unspecified atom stereocenters. The van der Waals surface area contributed by atoms with E-state index in [1.54, 1.807) is 26.0 Å². The largest absolute Gasteiger partial charge is 0.493 e. The highest BCUT2D eigenvalue weighted by molar-refractivity contribution is 8.00. The molecule has 4 nitrogen and oxygen atoms in total. The number of methoxy groups -OCH3 is 2. The second kappa shape index (κ2) is 9.00. The van der Waals surface area contributed by atoms with Crippen molar-refractivity contribution in [1.82, 2.24) is 0 Å². The minimum Gasteiger partial charge on any atom is -0.493 e. The normalized spacial score (nSPS) is 22.5. The van der Waals surface area contributed by atoms with Crippen molar-refractivity contribution in [2.24, 2.45) is 0 Å². The summed E-state index contributed by atoms with van der Waals surface area (Å²) in [6.07, 6.45) is 1.87. The molecule has 0 saturated carbocycles. The average Bonchev–Trinajstić information content (AvgIpc) is 2.68. The number of aliphatic hydroxyl groups is 2. The lowest BCUT2D eigenvalue weighted by atomic mass is 9.95. The Morgan fingerprint density at radius 1 is 1.04 bits per heavy atom. The molecule has 0 radical (unpaired) electrons. The Bertz CT molecular complexity index is 777. The topological polar surface area (TPSA) is 58.9 Å². The highest BCUT2D eigenvalue weighted by Crippen LogP contribution is 2.43. The number of aryl methyl sites for hydroxylation is 1. The van der Waals surface area contributed by atoms with Gasteiger partial charge in [-0.3, -0.25) is 0 Å². The second-order valence-electron chi connectivity index (χ2n) is 7.11. The van der Waals surface area contributed by atoms with E-state index in [0.717, 1.165) is 29.9 Å². The summed E-state index contributed by atoms with van der Waals surface area (Å²) in [6.45, 7) is 2.24. The second-order valence-corrected chi connectivity index (χ2v) is 8.61. The molecule has 0 aliphatic carbocycles. The standard InChI is InChI=1S/C22H28O4S/c1-14-4-6-16(22-12-18(24)11-19(13-23)27-22)10-17(14)8-15-5-7-20(25-2)21(9-15)26-3/h4-7,9-10,18-19,22-24H,8,11-13H2,1-3H3/t18-,19-,22?/m0/s1. The van der Waals surface area contributed by atoms with Gasteiger partial charge < -0.3 is 19.7 Å². The smallest absolute Gasteiger partial charge is 0.160 e. The molecular weight excluding hydrogens is 360 g/mol. The zero-order valence-electron chi connectivity index (χ0n) is 16.1. The fraction of sp³-hybridized carbons (Fsp3) is 0.455. The minimum absolute atomic E-state index is 0.106. The van der Waals surface area contributed by atoms with Crippen molar-refractivity contribution in [3.05, 3.63) is 58.7 Å². The van der Waals surface area contributed by atoms with Crippen LogP contribution in [0.3, 0.4) is 0 Å². The van der Waals surface area contributed by atoms with Crippen molar-refractivity contribution in [2.45, 2.75) is 42.8 Å². The van der Waals surface area contributed by atoms with Crippen molar-refractivity contribution in [3.8, 4) is 11.5 Å². The van der Waals surface area contributed by atoms with Crippen molar-refractivity contribution in [1.29, 1.82) is 0 Å². The van der Waals surface area contributed by atoms with Crippen molar-refractivity contribution in [3.63, 3.8) is 0 Å². The first kappa shape index (κ1) is 20.1. The third-order valence-electron chi connectivity index (χ3n) is 5.17. The zero-order chi connectivity index (χ0) is 19.4. The van der Waals surface area contributed by atoms with Gasteiger partial charge in [-0.1, -0.05) is 24.3 Å². The van der Waals surface area contributed by atoms with E-state index in [9.17, 15) is 10.2 Å². The first-order valence-corrected chi connectivity index (χ1v) is 10.2. The van der Waals surface area contributed by atoms with Crippen LogP contribution in [0, 0.1) is 6.92 Å². The lowest BCUT2D eigenvalue weighted by Gasteiger charge is -2.31. The first-order chi connectivity index (χ1) is 13.0. The van der Waals surface area contributed by atoms with Gasteiger partial charge in [-0.2, -0.15) is 0 Å². The molecular formula is C22H28O4S. The molecule has 5 heteroatoms. The summed E-state index contributed by atoms with van der Waals surface area (Å²) >= 11 is 1.77. The van der Waals surface area contributed by atoms with Crippen LogP contribution in [0.4, 0.5) is 0 Å². The Morgan fingerprint density at radius 2 is 1.81 bits per heavy atom. The number of aliphatic hydroxyl groups excluding tert-OH is 2. The summed E-state index contributed by atoms with van der Waals surface area (Å²) in [5, 5.41) is 20.0. The van der Waals surface area contributed by atoms with E-state index in [4.69, 9.17) is 9.47 Å². The van der Waals surface area contributed by atoms with Gasteiger partial charge in [0.25, 0.3) is 0 Å². The summed E-state index contributed by atoms with van der Waals surface area (Å²) in [5.41, 5.74) is 4.89. The van der Waals surface area contributed by atoms with E-state index < -0.39 is 0 Å². The molecule has 1 heterocycles. The van der Waals surface area contributed by atoms with Crippen molar-refractivity contribution in [2.75, 3.05) is 20.8 Å². The summed E-state index contributed by atoms with van der Waals surface area (Å²) in [7, 11) is 3.29. The van der Waals surface area contributed by atoms with Gasteiger partial charge >= 0.3 is 0 Å². The van der Waals surface area contributed by atoms with E-state index in [-0.39, 0.29) is 23.2 Å². The molecule has 0 bridgehead atoms. The molecule has 27 heavy (non-hydrogen) atoms. The predicted octanol–water partition coefficient (Wildman–Crippen LogP) is 3.89. The third-order valence-corrected chi connectivity index (χ3v) is 6.69. The van der Waals surface area contributed by atoms with Crippen molar-refractivity contribution < 1.29 is 19.7 Å². The number of hydrogen-bond acceptors (Lipinski definition) is 5. The van der Waals surface area contributed by atoms with E-state index in [1.165, 1.54) is 16.7 Å². The van der Waals surface area contributed by atoms with Gasteiger partial charge in [0.15, 0.2) is 11.5 Å². The summed E-state index contributed by atoms with van der Waals surface area (Å²) in [5.74, 6) is 1.47. The van der Waals surface area contributed by atoms with Gasteiger partial charge in [-0.05, 0) is 60.6 Å². The number of thioether (sulfide) groups is 1. The number of benzene rings is 2. The molecule has 1 aliphatic rings. The van der Waals surface area contributed by atoms with Gasteiger partial charge in [0.2, 0.25) is 0 Å². The molecule has 1 aliphatic heterocycles. The highest BCUT2D eigenvalue weighted by atomic mass is 32.2. The minimum atomic E-state index is -0.344. The maximum atomic E-state index is 10.2. The maximum absolute atomic E-state index is 10.2. The number of hydrogen-bond donors (Lipinski definition) is 2. The summed E-state index contributed by atoms with van der Waals surface area (Å²) < 4.78 is 10.7. The van der Waals surface area contributed by atoms with Crippen LogP contribution in [0.15, 0.2) is 36.4 Å². The first-order valence-electron chi connectivity index (χ1n) is 9.28. The van der Waals surface area contributed by atoms with E-state index in [1.807, 2.05) is 12.1 Å². The van der Waals surface area contributed by atoms with Gasteiger partial charge in [0, 0.05) is 10.5 Å². The molecule has 0 spiro atoms. The molecule has 1 fully saturated rings. The van der Waals surface area contributed by atoms with Crippen LogP contribution in [0.2, 0.25) is 0 Å². The molecule has 0 aromatic heterocycles. The van der Waals surface area contributed by atoms with Gasteiger partial charge in [-0.15, -0.1) is 11.8 Å². The van der Waals surface area contributed by atoms with Gasteiger partial charge in [0.05, 0.1) is 26.9 Å². The monoisotopic (exact) mass is 388 g/mol. The quantitative estimate of drug-likeness (QED) is 0.786. The lowest BCUT2D eigenvalue weighted by Crippen LogP contribution is -2.26.